The summed E-state index contributed by atoms with van der Waals surface area (Å²) in [6.07, 6.45) is 8.50. The topological polar surface area (TPSA) is 40.1 Å². The highest BCUT2D eigenvalue weighted by Gasteiger charge is 2.37. The van der Waals surface area contributed by atoms with Crippen LogP contribution in [0.4, 0.5) is 0 Å². The average Bonchev–Trinajstić information content (AvgIpc) is 2.01. The summed E-state index contributed by atoms with van der Waals surface area (Å²) in [4.78, 5) is 10.8. The molecule has 0 amide bonds. The summed E-state index contributed by atoms with van der Waals surface area (Å²) in [5.74, 6) is -0.957. The zero-order valence-electron chi connectivity index (χ0n) is 12.1. The first-order chi connectivity index (χ1) is 6.99. The molecule has 0 rings (SSSR count). The molecule has 0 atom stereocenters. The maximum atomic E-state index is 10.8. The number of carboxylic acids is 1. The molecule has 0 radical (unpaired) electrons. The highest BCUT2D eigenvalue weighted by molar-refractivity contribution is 7.94. The van der Waals surface area contributed by atoms with E-state index < -0.39 is 11.4 Å². The van der Waals surface area contributed by atoms with Crippen LogP contribution in [-0.4, -0.2) is 24.7 Å². The van der Waals surface area contributed by atoms with Crippen molar-refractivity contribution in [2.45, 2.75) is 47.5 Å². The summed E-state index contributed by atoms with van der Waals surface area (Å²) in [7, 11) is 0.639. The van der Waals surface area contributed by atoms with Crippen molar-refractivity contribution in [3.63, 3.8) is 0 Å². The lowest BCUT2D eigenvalue weighted by Crippen LogP contribution is -2.47. The van der Waals surface area contributed by atoms with Gasteiger partial charge in [-0.2, -0.15) is 0 Å². The maximum Gasteiger partial charge on any atom is 0.0969 e. The Balaban J connectivity index is 0. The SMILES string of the molecule is CCCC(C)(C)C(C)(C)C(=O)[O-].C[S+](C)C. The molecule has 0 N–H and O–H groups in total. The van der Waals surface area contributed by atoms with Gasteiger partial charge in [0.05, 0.1) is 18.8 Å². The number of carbonyl (C=O) groups excluding carboxylic acids is 1. The molecule has 16 heavy (non-hydrogen) atoms. The fourth-order valence-electron chi connectivity index (χ4n) is 1.21. The Morgan fingerprint density at radius 2 is 1.44 bits per heavy atom. The van der Waals surface area contributed by atoms with Gasteiger partial charge < -0.3 is 9.90 Å². The lowest BCUT2D eigenvalue weighted by atomic mass is 9.66. The predicted molar refractivity (Wildman–Crippen MR) is 72.6 cm³/mol. The van der Waals surface area contributed by atoms with Crippen LogP contribution in [0, 0.1) is 10.8 Å². The van der Waals surface area contributed by atoms with Gasteiger partial charge in [0.2, 0.25) is 0 Å². The lowest BCUT2D eigenvalue weighted by molar-refractivity contribution is -0.323. The zero-order chi connectivity index (χ0) is 13.6. The minimum absolute atomic E-state index is 0.194. The van der Waals surface area contributed by atoms with Crippen molar-refractivity contribution in [3.05, 3.63) is 0 Å². The molecule has 0 spiro atoms. The van der Waals surface area contributed by atoms with Gasteiger partial charge in [0.25, 0.3) is 0 Å². The first-order valence-corrected chi connectivity index (χ1v) is 8.14. The summed E-state index contributed by atoms with van der Waals surface area (Å²) in [5, 5.41) is 10.8. The lowest BCUT2D eigenvalue weighted by Gasteiger charge is -2.42. The van der Waals surface area contributed by atoms with Crippen LogP contribution in [0.15, 0.2) is 0 Å². The minimum Gasteiger partial charge on any atom is -0.550 e. The molecular formula is C13H28O2S. The second kappa shape index (κ2) is 7.21. The molecule has 0 aliphatic carbocycles. The van der Waals surface area contributed by atoms with Gasteiger partial charge in [-0.1, -0.05) is 41.0 Å². The fourth-order valence-corrected chi connectivity index (χ4v) is 1.21. The molecule has 0 aliphatic heterocycles. The van der Waals surface area contributed by atoms with Gasteiger partial charge in [-0.15, -0.1) is 0 Å². The first kappa shape index (κ1) is 18.2. The van der Waals surface area contributed by atoms with E-state index in [1.807, 2.05) is 13.8 Å². The van der Waals surface area contributed by atoms with Gasteiger partial charge >= 0.3 is 0 Å². The molecule has 0 fully saturated rings. The Morgan fingerprint density at radius 3 is 1.62 bits per heavy atom. The molecule has 2 nitrogen and oxygen atoms in total. The molecular weight excluding hydrogens is 220 g/mol. The van der Waals surface area contributed by atoms with E-state index in [0.29, 0.717) is 10.9 Å². The molecule has 0 aromatic carbocycles. The van der Waals surface area contributed by atoms with Crippen molar-refractivity contribution in [1.29, 1.82) is 0 Å². The third kappa shape index (κ3) is 6.41. The Bertz CT molecular complexity index is 205. The van der Waals surface area contributed by atoms with Crippen molar-refractivity contribution in [1.82, 2.24) is 0 Å². The van der Waals surface area contributed by atoms with Crippen molar-refractivity contribution in [2.24, 2.45) is 10.8 Å². The van der Waals surface area contributed by atoms with Gasteiger partial charge in [0, 0.05) is 11.4 Å². The van der Waals surface area contributed by atoms with Crippen LogP contribution in [0.25, 0.3) is 0 Å². The number of rotatable bonds is 4. The monoisotopic (exact) mass is 248 g/mol. The number of aliphatic carboxylic acids is 1. The maximum absolute atomic E-state index is 10.8. The molecule has 0 saturated heterocycles. The number of hydrogen-bond donors (Lipinski definition) is 0. The smallest absolute Gasteiger partial charge is 0.0969 e. The fraction of sp³-hybridized carbons (Fsp3) is 0.923. The number of hydrogen-bond acceptors (Lipinski definition) is 2. The van der Waals surface area contributed by atoms with Crippen molar-refractivity contribution in [2.75, 3.05) is 18.8 Å². The van der Waals surface area contributed by atoms with Crippen LogP contribution in [0.2, 0.25) is 0 Å². The first-order valence-electron chi connectivity index (χ1n) is 5.69. The summed E-state index contributed by atoms with van der Waals surface area (Å²) in [5.41, 5.74) is -0.941. The van der Waals surface area contributed by atoms with Gasteiger partial charge in [-0.3, -0.25) is 0 Å². The third-order valence-corrected chi connectivity index (χ3v) is 3.08. The van der Waals surface area contributed by atoms with Crippen molar-refractivity contribution in [3.8, 4) is 0 Å². The highest BCUT2D eigenvalue weighted by Crippen LogP contribution is 2.41. The van der Waals surface area contributed by atoms with E-state index in [-0.39, 0.29) is 5.41 Å². The van der Waals surface area contributed by atoms with E-state index in [0.717, 1.165) is 12.8 Å². The van der Waals surface area contributed by atoms with E-state index >= 15 is 0 Å². The van der Waals surface area contributed by atoms with Gasteiger partial charge in [0.15, 0.2) is 0 Å². The predicted octanol–water partition coefficient (Wildman–Crippen LogP) is 2.08. The quantitative estimate of drug-likeness (QED) is 0.715. The molecule has 0 unspecified atom stereocenters. The summed E-state index contributed by atoms with van der Waals surface area (Å²) >= 11 is 0. The number of carboxylic acid groups (broad SMARTS) is 1. The zero-order valence-corrected chi connectivity index (χ0v) is 13.0. The Hall–Kier alpha value is -0.180. The molecule has 0 saturated carbocycles. The Labute approximate surface area is 104 Å². The second-order valence-electron chi connectivity index (χ2n) is 5.77. The van der Waals surface area contributed by atoms with Crippen LogP contribution in [0.5, 0.6) is 0 Å². The van der Waals surface area contributed by atoms with Crippen LogP contribution in [0.3, 0.4) is 0 Å². The number of carbonyl (C=O) groups is 1. The van der Waals surface area contributed by atoms with E-state index in [1.54, 1.807) is 13.8 Å². The Kier molecular flexibility index (Phi) is 8.19. The highest BCUT2D eigenvalue weighted by atomic mass is 32.2. The standard InChI is InChI=1S/C10H20O2.C3H9S/c1-6-7-9(2,3)10(4,5)8(11)12;1-4(2)3/h6-7H2,1-5H3,(H,11,12);1-3H3/q;+1/p-1. The molecule has 0 heterocycles. The Morgan fingerprint density at radius 1 is 1.12 bits per heavy atom. The van der Waals surface area contributed by atoms with E-state index in [1.165, 1.54) is 0 Å². The average molecular weight is 248 g/mol. The normalized spacial score (nSPS) is 12.1. The van der Waals surface area contributed by atoms with Gasteiger partial charge in [-0.25, -0.2) is 0 Å². The summed E-state index contributed by atoms with van der Waals surface area (Å²) in [6.45, 7) is 9.49. The largest absolute Gasteiger partial charge is 0.550 e. The van der Waals surface area contributed by atoms with E-state index in [2.05, 4.69) is 25.7 Å². The molecule has 0 aromatic heterocycles. The molecule has 98 valence electrons. The van der Waals surface area contributed by atoms with Crippen LogP contribution in [0.1, 0.15) is 47.5 Å². The van der Waals surface area contributed by atoms with E-state index in [4.69, 9.17) is 0 Å². The minimum atomic E-state index is -0.957. The summed E-state index contributed by atoms with van der Waals surface area (Å²) < 4.78 is 0. The summed E-state index contributed by atoms with van der Waals surface area (Å²) in [6, 6.07) is 0. The van der Waals surface area contributed by atoms with Crippen molar-refractivity contribution >= 4 is 16.9 Å². The molecule has 0 aliphatic rings. The van der Waals surface area contributed by atoms with Crippen LogP contribution in [-0.2, 0) is 15.7 Å². The van der Waals surface area contributed by atoms with Gasteiger partial charge in [0.1, 0.15) is 0 Å². The molecule has 3 heteroatoms. The molecule has 0 aromatic rings. The second-order valence-corrected chi connectivity index (χ2v) is 8.22. The molecule has 0 bridgehead atoms. The van der Waals surface area contributed by atoms with Crippen LogP contribution < -0.4 is 5.11 Å². The van der Waals surface area contributed by atoms with E-state index in [9.17, 15) is 9.90 Å². The third-order valence-electron chi connectivity index (χ3n) is 3.08. The van der Waals surface area contributed by atoms with Crippen LogP contribution >= 0.6 is 0 Å². The van der Waals surface area contributed by atoms with Crippen molar-refractivity contribution < 1.29 is 9.90 Å². The van der Waals surface area contributed by atoms with Gasteiger partial charge in [-0.05, 0) is 22.7 Å².